The van der Waals surface area contributed by atoms with Crippen molar-refractivity contribution in [3.63, 3.8) is 0 Å². The van der Waals surface area contributed by atoms with E-state index in [0.717, 1.165) is 47.8 Å². The molecule has 348 valence electrons. The van der Waals surface area contributed by atoms with Crippen molar-refractivity contribution in [1.82, 2.24) is 9.13 Å². The van der Waals surface area contributed by atoms with Crippen molar-refractivity contribution in [1.29, 1.82) is 0 Å². The molecule has 0 fully saturated rings. The van der Waals surface area contributed by atoms with Crippen LogP contribution in [-0.2, 0) is 24.3 Å². The number of aliphatic hydroxyl groups is 2. The number of halogens is 6. The molecule has 0 saturated carbocycles. The van der Waals surface area contributed by atoms with Crippen molar-refractivity contribution in [3.05, 3.63) is 224 Å². The maximum Gasteiger partial charge on any atom is 0.421 e. The van der Waals surface area contributed by atoms with E-state index >= 15 is 0 Å². The Morgan fingerprint density at radius 1 is 0.485 bits per heavy atom. The van der Waals surface area contributed by atoms with Crippen molar-refractivity contribution in [3.8, 4) is 0 Å². The number of Topliss-reactive ketones (excluding diaryl/α,β-unsaturated/α-hetero) is 2. The molecule has 0 amide bonds. The topological polar surface area (TPSA) is 171 Å². The van der Waals surface area contributed by atoms with Crippen LogP contribution in [0, 0.1) is 20.2 Å². The number of hydrogen-bond acceptors (Lipinski definition) is 8. The maximum absolute atomic E-state index is 14.3. The fraction of sp³-hybridized carbons (Fsp3) is 0.160. The fourth-order valence-electron chi connectivity index (χ4n) is 7.88. The summed E-state index contributed by atoms with van der Waals surface area (Å²) in [4.78, 5) is 46.7. The summed E-state index contributed by atoms with van der Waals surface area (Å²) in [6, 6.07) is 39.3. The molecule has 8 aromatic rings. The number of benzene rings is 6. The van der Waals surface area contributed by atoms with E-state index in [1.165, 1.54) is 69.8 Å². The lowest BCUT2D eigenvalue weighted by molar-refractivity contribution is -0.384. The Kier molecular flexibility index (Phi) is 13.5. The van der Waals surface area contributed by atoms with E-state index in [2.05, 4.69) is 0 Å². The first-order valence-electron chi connectivity index (χ1n) is 20.6. The van der Waals surface area contributed by atoms with Crippen LogP contribution >= 0.6 is 0 Å². The number of rotatable bonds is 14. The molecule has 0 bridgehead atoms. The van der Waals surface area contributed by atoms with E-state index in [1.807, 2.05) is 0 Å². The normalized spacial score (nSPS) is 13.5. The molecule has 12 nitrogen and oxygen atoms in total. The SMILES string of the molecule is O=C(CC(O)(c1cn(Cc2ccccc2)c2cc([N+](=O)[O-])ccc12)C(F)(F)F)c1ccccc1.O=C(CC(O)(c1cn(Cc2ccccc2)c2cc([N+](=O)[O-])ccc12)C(F)(F)F)c1ccccc1. The van der Waals surface area contributed by atoms with E-state index < -0.39 is 68.9 Å². The number of alkyl halides is 6. The van der Waals surface area contributed by atoms with Crippen LogP contribution in [0.3, 0.4) is 0 Å². The highest BCUT2D eigenvalue weighted by Crippen LogP contribution is 2.47. The lowest BCUT2D eigenvalue weighted by atomic mass is 9.86. The molecule has 0 radical (unpaired) electrons. The van der Waals surface area contributed by atoms with Crippen LogP contribution < -0.4 is 0 Å². The Morgan fingerprint density at radius 2 is 0.794 bits per heavy atom. The van der Waals surface area contributed by atoms with Gasteiger partial charge < -0.3 is 19.3 Å². The second kappa shape index (κ2) is 19.1. The Labute approximate surface area is 382 Å². The lowest BCUT2D eigenvalue weighted by Crippen LogP contribution is -2.44. The summed E-state index contributed by atoms with van der Waals surface area (Å²) in [6.45, 7) is 0.220. The molecular weight excluding hydrogens is 899 g/mol. The van der Waals surface area contributed by atoms with Gasteiger partial charge in [-0.15, -0.1) is 0 Å². The molecule has 68 heavy (non-hydrogen) atoms. The molecule has 2 aromatic heterocycles. The molecule has 2 N–H and O–H groups in total. The summed E-state index contributed by atoms with van der Waals surface area (Å²) >= 11 is 0. The van der Waals surface area contributed by atoms with Crippen LogP contribution in [0.1, 0.15) is 55.8 Å². The first-order valence-corrected chi connectivity index (χ1v) is 20.6. The first-order chi connectivity index (χ1) is 32.2. The zero-order chi connectivity index (χ0) is 49.0. The maximum atomic E-state index is 14.3. The third kappa shape index (κ3) is 9.91. The van der Waals surface area contributed by atoms with Crippen LogP contribution in [0.5, 0.6) is 0 Å². The molecule has 2 unspecified atom stereocenters. The van der Waals surface area contributed by atoms with Crippen molar-refractivity contribution in [2.75, 3.05) is 0 Å². The van der Waals surface area contributed by atoms with Gasteiger partial charge in [-0.3, -0.25) is 29.8 Å². The summed E-state index contributed by atoms with van der Waals surface area (Å²) in [5.41, 5.74) is -6.85. The number of hydrogen-bond donors (Lipinski definition) is 2. The quantitative estimate of drug-likeness (QED) is 0.0469. The number of nitro benzene ring substituents is 2. The van der Waals surface area contributed by atoms with Crippen LogP contribution in [0.15, 0.2) is 170 Å². The van der Waals surface area contributed by atoms with Gasteiger partial charge in [-0.25, -0.2) is 0 Å². The second-order valence-corrected chi connectivity index (χ2v) is 15.9. The molecule has 2 heterocycles. The number of aromatic nitrogens is 2. The predicted octanol–water partition coefficient (Wildman–Crippen LogP) is 11.2. The number of nitrogens with zero attached hydrogens (tertiary/aromatic N) is 4. The summed E-state index contributed by atoms with van der Waals surface area (Å²) in [5.74, 6) is -1.77. The van der Waals surface area contributed by atoms with Gasteiger partial charge in [-0.05, 0) is 23.3 Å². The summed E-state index contributed by atoms with van der Waals surface area (Å²) in [5, 5.41) is 44.6. The molecule has 0 aliphatic heterocycles. The number of carbonyl (C=O) groups excluding carboxylic acids is 2. The van der Waals surface area contributed by atoms with Crippen LogP contribution in [-0.4, -0.2) is 53.1 Å². The largest absolute Gasteiger partial charge is 0.421 e. The summed E-state index contributed by atoms with van der Waals surface area (Å²) in [6.07, 6.45) is -10.6. The van der Waals surface area contributed by atoms with Crippen molar-refractivity contribution >= 4 is 44.7 Å². The highest BCUT2D eigenvalue weighted by atomic mass is 19.4. The minimum absolute atomic E-state index is 0.0257. The van der Waals surface area contributed by atoms with E-state index in [4.69, 9.17) is 0 Å². The summed E-state index contributed by atoms with van der Waals surface area (Å²) in [7, 11) is 0. The molecule has 0 aliphatic carbocycles. The highest BCUT2D eigenvalue weighted by Gasteiger charge is 2.58. The van der Waals surface area contributed by atoms with Gasteiger partial charge in [0.15, 0.2) is 22.8 Å². The predicted molar refractivity (Wildman–Crippen MR) is 239 cm³/mol. The van der Waals surface area contributed by atoms with Crippen molar-refractivity contribution in [2.45, 2.75) is 49.5 Å². The molecule has 2 atom stereocenters. The highest BCUT2D eigenvalue weighted by molar-refractivity contribution is 5.98. The minimum atomic E-state index is -5.19. The second-order valence-electron chi connectivity index (χ2n) is 15.9. The van der Waals surface area contributed by atoms with Gasteiger partial charge in [0.05, 0.1) is 33.7 Å². The molecule has 18 heteroatoms. The number of carbonyl (C=O) groups is 2. The molecule has 0 saturated heterocycles. The zero-order valence-corrected chi connectivity index (χ0v) is 35.4. The van der Waals surface area contributed by atoms with Gasteiger partial charge in [0.25, 0.3) is 11.4 Å². The monoisotopic (exact) mass is 936 g/mol. The molecule has 0 aliphatic rings. The van der Waals surface area contributed by atoms with Gasteiger partial charge >= 0.3 is 12.4 Å². The number of nitro groups is 2. The van der Waals surface area contributed by atoms with E-state index in [1.54, 1.807) is 72.8 Å². The van der Waals surface area contributed by atoms with Gasteiger partial charge in [-0.1, -0.05) is 121 Å². The third-order valence-electron chi connectivity index (χ3n) is 11.4. The molecule has 0 spiro atoms. The standard InChI is InChI=1S/2C25H19F3N2O4/c2*26-25(27,28)24(32,14-23(31)18-9-5-2-6-10-18)21-16-29(15-17-7-3-1-4-8-17)22-13-19(30(33)34)11-12-20(21)22/h2*1-13,16,32H,14-15H2. The average molecular weight is 937 g/mol. The lowest BCUT2D eigenvalue weighted by Gasteiger charge is -2.30. The fourth-order valence-corrected chi connectivity index (χ4v) is 7.88. The van der Waals surface area contributed by atoms with Crippen LogP contribution in [0.2, 0.25) is 0 Å². The Morgan fingerprint density at radius 3 is 1.09 bits per heavy atom. The van der Waals surface area contributed by atoms with E-state index in [9.17, 15) is 66.4 Å². The third-order valence-corrected chi connectivity index (χ3v) is 11.4. The molecule has 8 rings (SSSR count). The van der Waals surface area contributed by atoms with Gasteiger partial charge in [0.2, 0.25) is 0 Å². The number of non-ortho nitro benzene ring substituents is 2. The Bertz CT molecular complexity index is 2910. The minimum Gasteiger partial charge on any atom is -0.376 e. The van der Waals surface area contributed by atoms with Gasteiger partial charge in [-0.2, -0.15) is 26.3 Å². The molecule has 6 aromatic carbocycles. The molecular formula is C50H38F6N4O8. The number of fused-ring (bicyclic) bond motifs is 2. The van der Waals surface area contributed by atoms with E-state index in [-0.39, 0.29) is 57.4 Å². The van der Waals surface area contributed by atoms with Crippen molar-refractivity contribution in [2.24, 2.45) is 0 Å². The smallest absolute Gasteiger partial charge is 0.376 e. The van der Waals surface area contributed by atoms with Gasteiger partial charge in [0.1, 0.15) is 0 Å². The zero-order valence-electron chi connectivity index (χ0n) is 35.4. The van der Waals surface area contributed by atoms with Crippen LogP contribution in [0.4, 0.5) is 37.7 Å². The van der Waals surface area contributed by atoms with Crippen molar-refractivity contribution < 1.29 is 56.0 Å². The van der Waals surface area contributed by atoms with Crippen LogP contribution in [0.25, 0.3) is 21.8 Å². The Hall–Kier alpha value is -7.96. The van der Waals surface area contributed by atoms with E-state index in [0.29, 0.717) is 0 Å². The number of ketones is 2. The first kappa shape index (κ1) is 48.0. The average Bonchev–Trinajstić information content (AvgIpc) is 3.87. The van der Waals surface area contributed by atoms with Gasteiger partial charge in [0, 0.05) is 82.8 Å². The Balaban J connectivity index is 0.000000201. The summed E-state index contributed by atoms with van der Waals surface area (Å²) < 4.78 is 88.7.